The summed E-state index contributed by atoms with van der Waals surface area (Å²) in [6, 6.07) is 7.38. The summed E-state index contributed by atoms with van der Waals surface area (Å²) in [6.07, 6.45) is 0. The minimum atomic E-state index is -0.975. The SMILES string of the molecule is Cc1c(S)c(S)c(C(=O)O)c2ccccc12. The smallest absolute Gasteiger partial charge is 0.337 e. The molecular weight excluding hydrogens is 240 g/mol. The number of carboxylic acids is 1. The normalized spacial score (nSPS) is 10.7. The van der Waals surface area contributed by atoms with Crippen LogP contribution in [0, 0.1) is 6.92 Å². The van der Waals surface area contributed by atoms with Crippen molar-refractivity contribution in [3.8, 4) is 0 Å². The quantitative estimate of drug-likeness (QED) is 0.678. The lowest BCUT2D eigenvalue weighted by Crippen LogP contribution is -2.01. The fourth-order valence-corrected chi connectivity index (χ4v) is 2.41. The number of aryl methyl sites for hydroxylation is 1. The van der Waals surface area contributed by atoms with E-state index in [9.17, 15) is 9.90 Å². The molecular formula is C12H10O2S2. The molecule has 0 saturated carbocycles. The van der Waals surface area contributed by atoms with Crippen LogP contribution < -0.4 is 0 Å². The Bertz CT molecular complexity index is 591. The molecule has 2 rings (SSSR count). The van der Waals surface area contributed by atoms with Crippen LogP contribution in [0.25, 0.3) is 10.8 Å². The van der Waals surface area contributed by atoms with E-state index in [1.165, 1.54) is 0 Å². The van der Waals surface area contributed by atoms with Gasteiger partial charge in [0.2, 0.25) is 0 Å². The fraction of sp³-hybridized carbons (Fsp3) is 0.0833. The lowest BCUT2D eigenvalue weighted by molar-refractivity contribution is 0.0695. The number of hydrogen-bond donors (Lipinski definition) is 3. The van der Waals surface area contributed by atoms with Gasteiger partial charge in [-0.15, -0.1) is 25.3 Å². The van der Waals surface area contributed by atoms with Gasteiger partial charge in [0.25, 0.3) is 0 Å². The maximum absolute atomic E-state index is 11.2. The molecule has 0 aromatic heterocycles. The molecule has 0 amide bonds. The highest BCUT2D eigenvalue weighted by Gasteiger charge is 2.17. The molecule has 0 fully saturated rings. The number of thiol groups is 2. The van der Waals surface area contributed by atoms with Crippen molar-refractivity contribution in [2.45, 2.75) is 16.7 Å². The predicted octanol–water partition coefficient (Wildman–Crippen LogP) is 3.42. The van der Waals surface area contributed by atoms with Crippen LogP contribution in [0.3, 0.4) is 0 Å². The highest BCUT2D eigenvalue weighted by molar-refractivity contribution is 7.83. The predicted molar refractivity (Wildman–Crippen MR) is 70.1 cm³/mol. The van der Waals surface area contributed by atoms with Crippen LogP contribution in [-0.4, -0.2) is 11.1 Å². The highest BCUT2D eigenvalue weighted by Crippen LogP contribution is 2.34. The second kappa shape index (κ2) is 4.03. The van der Waals surface area contributed by atoms with E-state index in [1.54, 1.807) is 6.07 Å². The van der Waals surface area contributed by atoms with Gasteiger partial charge in [-0.3, -0.25) is 0 Å². The summed E-state index contributed by atoms with van der Waals surface area (Å²) in [4.78, 5) is 12.3. The van der Waals surface area contributed by atoms with Gasteiger partial charge in [0.05, 0.1) is 5.56 Å². The molecule has 1 N–H and O–H groups in total. The van der Waals surface area contributed by atoms with Gasteiger partial charge in [-0.1, -0.05) is 24.3 Å². The molecule has 0 aliphatic carbocycles. The molecule has 2 nitrogen and oxygen atoms in total. The third-order valence-electron chi connectivity index (χ3n) is 2.63. The van der Waals surface area contributed by atoms with Gasteiger partial charge in [0, 0.05) is 9.79 Å². The van der Waals surface area contributed by atoms with Gasteiger partial charge >= 0.3 is 5.97 Å². The number of carbonyl (C=O) groups is 1. The Morgan fingerprint density at radius 3 is 2.25 bits per heavy atom. The first-order chi connectivity index (χ1) is 7.54. The minimum absolute atomic E-state index is 0.217. The van der Waals surface area contributed by atoms with Gasteiger partial charge in [0.1, 0.15) is 0 Å². The molecule has 0 aliphatic rings. The average molecular weight is 250 g/mol. The molecule has 0 unspecified atom stereocenters. The second-order valence-electron chi connectivity index (χ2n) is 3.55. The van der Waals surface area contributed by atoms with Crippen molar-refractivity contribution < 1.29 is 9.90 Å². The van der Waals surface area contributed by atoms with Crippen molar-refractivity contribution in [1.82, 2.24) is 0 Å². The Morgan fingerprint density at radius 2 is 1.69 bits per heavy atom. The summed E-state index contributed by atoms with van der Waals surface area (Å²) < 4.78 is 0. The first-order valence-corrected chi connectivity index (χ1v) is 5.60. The van der Waals surface area contributed by atoms with Crippen molar-refractivity contribution >= 4 is 42.0 Å². The molecule has 0 saturated heterocycles. The van der Waals surface area contributed by atoms with Gasteiger partial charge in [0.15, 0.2) is 0 Å². The Balaban J connectivity index is 3.04. The summed E-state index contributed by atoms with van der Waals surface area (Å²) in [6.45, 7) is 1.91. The largest absolute Gasteiger partial charge is 0.478 e. The zero-order valence-corrected chi connectivity index (χ0v) is 10.3. The van der Waals surface area contributed by atoms with Crippen molar-refractivity contribution in [2.24, 2.45) is 0 Å². The summed E-state index contributed by atoms with van der Waals surface area (Å²) in [5.74, 6) is -0.975. The van der Waals surface area contributed by atoms with E-state index in [0.29, 0.717) is 15.2 Å². The molecule has 0 atom stereocenters. The van der Waals surface area contributed by atoms with Crippen LogP contribution in [0.5, 0.6) is 0 Å². The van der Waals surface area contributed by atoms with E-state index in [2.05, 4.69) is 25.3 Å². The highest BCUT2D eigenvalue weighted by atomic mass is 32.1. The van der Waals surface area contributed by atoms with Crippen LogP contribution in [0.15, 0.2) is 34.1 Å². The van der Waals surface area contributed by atoms with Crippen molar-refractivity contribution in [3.63, 3.8) is 0 Å². The van der Waals surface area contributed by atoms with Crippen molar-refractivity contribution in [3.05, 3.63) is 35.4 Å². The maximum atomic E-state index is 11.2. The van der Waals surface area contributed by atoms with Crippen LogP contribution in [0.4, 0.5) is 0 Å². The third-order valence-corrected chi connectivity index (χ3v) is 3.81. The minimum Gasteiger partial charge on any atom is -0.478 e. The van der Waals surface area contributed by atoms with E-state index in [1.807, 2.05) is 25.1 Å². The number of hydrogen-bond acceptors (Lipinski definition) is 3. The molecule has 2 aromatic carbocycles. The first kappa shape index (κ1) is 11.4. The number of aromatic carboxylic acids is 1. The van der Waals surface area contributed by atoms with Crippen LogP contribution in [0.2, 0.25) is 0 Å². The Hall–Kier alpha value is -1.13. The van der Waals surface area contributed by atoms with E-state index in [0.717, 1.165) is 10.9 Å². The average Bonchev–Trinajstić information content (AvgIpc) is 2.26. The van der Waals surface area contributed by atoms with E-state index >= 15 is 0 Å². The monoisotopic (exact) mass is 250 g/mol. The summed E-state index contributed by atoms with van der Waals surface area (Å²) >= 11 is 8.55. The molecule has 0 radical (unpaired) electrons. The Labute approximate surface area is 104 Å². The molecule has 16 heavy (non-hydrogen) atoms. The van der Waals surface area contributed by atoms with Gasteiger partial charge < -0.3 is 5.11 Å². The molecule has 2 aromatic rings. The molecule has 82 valence electrons. The van der Waals surface area contributed by atoms with Crippen molar-refractivity contribution in [1.29, 1.82) is 0 Å². The molecule has 0 bridgehead atoms. The summed E-state index contributed by atoms with van der Waals surface area (Å²) in [7, 11) is 0. The number of carboxylic acid groups (broad SMARTS) is 1. The zero-order valence-electron chi connectivity index (χ0n) is 8.56. The lowest BCUT2D eigenvalue weighted by atomic mass is 10.00. The third kappa shape index (κ3) is 1.58. The Kier molecular flexibility index (Phi) is 2.86. The van der Waals surface area contributed by atoms with E-state index < -0.39 is 5.97 Å². The van der Waals surface area contributed by atoms with Gasteiger partial charge in [-0.25, -0.2) is 4.79 Å². The van der Waals surface area contributed by atoms with Gasteiger partial charge in [-0.2, -0.15) is 0 Å². The number of benzene rings is 2. The van der Waals surface area contributed by atoms with Crippen LogP contribution in [0.1, 0.15) is 15.9 Å². The summed E-state index contributed by atoms with van der Waals surface area (Å²) in [5.41, 5.74) is 1.17. The molecule has 4 heteroatoms. The topological polar surface area (TPSA) is 37.3 Å². The molecule has 0 heterocycles. The molecule has 0 aliphatic heterocycles. The van der Waals surface area contributed by atoms with Gasteiger partial charge in [-0.05, 0) is 23.3 Å². The van der Waals surface area contributed by atoms with E-state index in [-0.39, 0.29) is 5.56 Å². The second-order valence-corrected chi connectivity index (χ2v) is 4.44. The maximum Gasteiger partial charge on any atom is 0.337 e. The van der Waals surface area contributed by atoms with Crippen molar-refractivity contribution in [2.75, 3.05) is 0 Å². The van der Waals surface area contributed by atoms with Crippen LogP contribution in [-0.2, 0) is 0 Å². The number of fused-ring (bicyclic) bond motifs is 1. The first-order valence-electron chi connectivity index (χ1n) is 4.70. The Morgan fingerprint density at radius 1 is 1.12 bits per heavy atom. The zero-order chi connectivity index (χ0) is 11.9. The molecule has 0 spiro atoms. The van der Waals surface area contributed by atoms with E-state index in [4.69, 9.17) is 0 Å². The summed E-state index contributed by atoms with van der Waals surface area (Å²) in [5, 5.41) is 10.8. The standard InChI is InChI=1S/C12H10O2S2/c1-6-7-4-2-3-5-8(7)9(12(13)14)11(16)10(6)15/h2-5,15-16H,1H3,(H,13,14). The lowest BCUT2D eigenvalue weighted by Gasteiger charge is -2.12. The number of rotatable bonds is 1. The van der Waals surface area contributed by atoms with Crippen LogP contribution >= 0.6 is 25.3 Å². The fourth-order valence-electron chi connectivity index (χ4n) is 1.80.